The number of allylic oxidation sites excluding steroid dienone is 2. The van der Waals surface area contributed by atoms with E-state index in [4.69, 9.17) is 0 Å². The number of hydrogen-bond acceptors (Lipinski definition) is 3. The zero-order chi connectivity index (χ0) is 19.8. The van der Waals surface area contributed by atoms with Gasteiger partial charge in [-0.2, -0.15) is 13.2 Å². The van der Waals surface area contributed by atoms with Crippen molar-refractivity contribution in [1.82, 2.24) is 4.98 Å². The van der Waals surface area contributed by atoms with E-state index in [9.17, 15) is 21.6 Å². The summed E-state index contributed by atoms with van der Waals surface area (Å²) in [7, 11) is -3.33. The van der Waals surface area contributed by atoms with E-state index in [1.54, 1.807) is 6.07 Å². The number of pyridine rings is 1. The summed E-state index contributed by atoms with van der Waals surface area (Å²) in [6.45, 7) is 2.08. The van der Waals surface area contributed by atoms with Crippen molar-refractivity contribution in [1.29, 1.82) is 0 Å². The first kappa shape index (κ1) is 19.6. The maximum absolute atomic E-state index is 12.8. The Morgan fingerprint density at radius 3 is 2.15 bits per heavy atom. The molecule has 7 heteroatoms. The summed E-state index contributed by atoms with van der Waals surface area (Å²) in [5.74, 6) is 0.397. The van der Waals surface area contributed by atoms with Gasteiger partial charge in [-0.3, -0.25) is 4.98 Å². The molecule has 0 saturated carbocycles. The van der Waals surface area contributed by atoms with Crippen LogP contribution in [0.4, 0.5) is 13.2 Å². The number of rotatable bonds is 4. The normalized spacial score (nSPS) is 18.2. The second-order valence-corrected chi connectivity index (χ2v) is 8.88. The summed E-state index contributed by atoms with van der Waals surface area (Å²) in [5, 5.41) is 0. The van der Waals surface area contributed by atoms with Crippen LogP contribution in [0, 0.1) is 5.92 Å². The Morgan fingerprint density at radius 1 is 1.04 bits per heavy atom. The Hall–Kier alpha value is -2.15. The predicted octanol–water partition coefficient (Wildman–Crippen LogP) is 5.23. The SMILES string of the molecule is CCC1CC(c2ccc(C(F)(F)F)cc2)=C(c2ccc(S(C)(=O)=O)cn2)C1. The molecule has 0 N–H and O–H groups in total. The topological polar surface area (TPSA) is 47.0 Å². The van der Waals surface area contributed by atoms with Crippen molar-refractivity contribution < 1.29 is 21.6 Å². The minimum atomic E-state index is -4.36. The van der Waals surface area contributed by atoms with Crippen molar-refractivity contribution in [2.24, 2.45) is 5.92 Å². The second kappa shape index (κ2) is 7.11. The molecule has 2 aromatic rings. The van der Waals surface area contributed by atoms with Crippen LogP contribution in [0.3, 0.4) is 0 Å². The zero-order valence-corrected chi connectivity index (χ0v) is 15.9. The van der Waals surface area contributed by atoms with Gasteiger partial charge in [-0.25, -0.2) is 8.42 Å². The van der Waals surface area contributed by atoms with E-state index in [0.29, 0.717) is 11.6 Å². The van der Waals surface area contributed by atoms with Gasteiger partial charge >= 0.3 is 6.18 Å². The molecule has 3 rings (SSSR count). The third-order valence-electron chi connectivity index (χ3n) is 4.96. The van der Waals surface area contributed by atoms with Crippen LogP contribution in [-0.4, -0.2) is 19.7 Å². The standard InChI is InChI=1S/C20H20F3NO2S/c1-3-13-10-17(14-4-6-15(7-5-14)20(21,22)23)18(11-13)19-9-8-16(12-24-19)27(2,25)26/h4-9,12-13H,3,10-11H2,1-2H3. The number of alkyl halides is 3. The first-order valence-corrected chi connectivity index (χ1v) is 10.5. The molecular formula is C20H20F3NO2S. The Bertz CT molecular complexity index is 960. The van der Waals surface area contributed by atoms with Crippen LogP contribution in [0.5, 0.6) is 0 Å². The van der Waals surface area contributed by atoms with E-state index >= 15 is 0 Å². The molecule has 1 aromatic carbocycles. The van der Waals surface area contributed by atoms with Crippen LogP contribution >= 0.6 is 0 Å². The van der Waals surface area contributed by atoms with Crippen molar-refractivity contribution >= 4 is 21.0 Å². The van der Waals surface area contributed by atoms with Crippen molar-refractivity contribution in [3.8, 4) is 0 Å². The molecule has 1 aromatic heterocycles. The summed E-state index contributed by atoms with van der Waals surface area (Å²) in [5.41, 5.74) is 2.71. The second-order valence-electron chi connectivity index (χ2n) is 6.87. The van der Waals surface area contributed by atoms with Crippen molar-refractivity contribution in [2.75, 3.05) is 6.26 Å². The lowest BCUT2D eigenvalue weighted by Crippen LogP contribution is -2.04. The van der Waals surface area contributed by atoms with Crippen LogP contribution in [0.2, 0.25) is 0 Å². The van der Waals surface area contributed by atoms with E-state index < -0.39 is 21.6 Å². The van der Waals surface area contributed by atoms with Gasteiger partial charge in [0.1, 0.15) is 0 Å². The van der Waals surface area contributed by atoms with Gasteiger partial charge in [-0.15, -0.1) is 0 Å². The fourth-order valence-electron chi connectivity index (χ4n) is 3.37. The summed E-state index contributed by atoms with van der Waals surface area (Å²) in [4.78, 5) is 4.46. The Balaban J connectivity index is 2.01. The van der Waals surface area contributed by atoms with Gasteiger partial charge in [0.2, 0.25) is 0 Å². The Kier molecular flexibility index (Phi) is 5.16. The molecule has 0 fully saturated rings. The van der Waals surface area contributed by atoms with E-state index in [0.717, 1.165) is 54.4 Å². The van der Waals surface area contributed by atoms with E-state index in [2.05, 4.69) is 11.9 Å². The molecule has 0 amide bonds. The molecule has 27 heavy (non-hydrogen) atoms. The third kappa shape index (κ3) is 4.24. The predicted molar refractivity (Wildman–Crippen MR) is 98.6 cm³/mol. The van der Waals surface area contributed by atoms with Gasteiger partial charge in [-0.1, -0.05) is 25.5 Å². The maximum Gasteiger partial charge on any atom is 0.416 e. The van der Waals surface area contributed by atoms with E-state index in [-0.39, 0.29) is 4.90 Å². The highest BCUT2D eigenvalue weighted by atomic mass is 32.2. The van der Waals surface area contributed by atoms with Crippen LogP contribution in [-0.2, 0) is 16.0 Å². The molecule has 0 radical (unpaired) electrons. The van der Waals surface area contributed by atoms with Gasteiger partial charge in [0.15, 0.2) is 9.84 Å². The minimum Gasteiger partial charge on any atom is -0.255 e. The van der Waals surface area contributed by atoms with Crippen LogP contribution in [0.15, 0.2) is 47.5 Å². The highest BCUT2D eigenvalue weighted by Gasteiger charge is 2.31. The summed E-state index contributed by atoms with van der Waals surface area (Å²) in [6.07, 6.45) is 0.598. The lowest BCUT2D eigenvalue weighted by atomic mass is 9.98. The molecule has 144 valence electrons. The van der Waals surface area contributed by atoms with Gasteiger partial charge in [0, 0.05) is 12.5 Å². The molecule has 1 aliphatic rings. The number of hydrogen-bond donors (Lipinski definition) is 0. The van der Waals surface area contributed by atoms with Gasteiger partial charge < -0.3 is 0 Å². The lowest BCUT2D eigenvalue weighted by molar-refractivity contribution is -0.137. The molecule has 0 bridgehead atoms. The largest absolute Gasteiger partial charge is 0.416 e. The van der Waals surface area contributed by atoms with Crippen molar-refractivity contribution in [2.45, 2.75) is 37.3 Å². The minimum absolute atomic E-state index is 0.146. The maximum atomic E-state index is 12.8. The number of aromatic nitrogens is 1. The summed E-state index contributed by atoms with van der Waals surface area (Å²) < 4.78 is 61.7. The molecule has 3 nitrogen and oxygen atoms in total. The summed E-state index contributed by atoms with van der Waals surface area (Å²) in [6, 6.07) is 8.39. The van der Waals surface area contributed by atoms with Gasteiger partial charge in [-0.05, 0) is 59.7 Å². The number of nitrogens with zero attached hydrogens (tertiary/aromatic N) is 1. The molecule has 0 spiro atoms. The lowest BCUT2D eigenvalue weighted by Gasteiger charge is -2.11. The summed E-state index contributed by atoms with van der Waals surface area (Å²) >= 11 is 0. The first-order chi connectivity index (χ1) is 12.6. The van der Waals surface area contributed by atoms with Crippen LogP contribution < -0.4 is 0 Å². The van der Waals surface area contributed by atoms with Gasteiger partial charge in [0.05, 0.1) is 16.2 Å². The van der Waals surface area contributed by atoms with Crippen LogP contribution in [0.25, 0.3) is 11.1 Å². The third-order valence-corrected chi connectivity index (χ3v) is 6.06. The average molecular weight is 395 g/mol. The Labute approximate surface area is 156 Å². The number of halogens is 3. The van der Waals surface area contributed by atoms with Crippen molar-refractivity contribution in [3.63, 3.8) is 0 Å². The molecule has 0 aliphatic heterocycles. The van der Waals surface area contributed by atoms with Gasteiger partial charge in [0.25, 0.3) is 0 Å². The van der Waals surface area contributed by atoms with E-state index in [1.165, 1.54) is 24.4 Å². The van der Waals surface area contributed by atoms with Crippen molar-refractivity contribution in [3.05, 3.63) is 59.4 Å². The molecule has 0 saturated heterocycles. The molecule has 1 aliphatic carbocycles. The fraction of sp³-hybridized carbons (Fsp3) is 0.350. The highest BCUT2D eigenvalue weighted by Crippen LogP contribution is 2.44. The fourth-order valence-corrected chi connectivity index (χ4v) is 3.93. The smallest absolute Gasteiger partial charge is 0.255 e. The monoisotopic (exact) mass is 395 g/mol. The van der Waals surface area contributed by atoms with E-state index in [1.807, 2.05) is 0 Å². The number of benzene rings is 1. The average Bonchev–Trinajstić information content (AvgIpc) is 3.05. The molecule has 1 heterocycles. The molecule has 1 atom stereocenters. The first-order valence-electron chi connectivity index (χ1n) is 8.65. The molecule has 1 unspecified atom stereocenters. The quantitative estimate of drug-likeness (QED) is 0.712. The molecular weight excluding hydrogens is 375 g/mol. The number of sulfone groups is 1. The van der Waals surface area contributed by atoms with Crippen LogP contribution in [0.1, 0.15) is 43.0 Å². The zero-order valence-electron chi connectivity index (χ0n) is 15.0. The highest BCUT2D eigenvalue weighted by molar-refractivity contribution is 7.90. The Morgan fingerprint density at radius 2 is 1.67 bits per heavy atom.